The van der Waals surface area contributed by atoms with Crippen molar-refractivity contribution in [1.29, 1.82) is 0 Å². The first-order valence-corrected chi connectivity index (χ1v) is 7.58. The monoisotopic (exact) mass is 338 g/mol. The molecule has 2 nitrogen and oxygen atoms in total. The second-order valence-electron chi connectivity index (χ2n) is 5.08. The van der Waals surface area contributed by atoms with Crippen molar-refractivity contribution in [3.05, 3.63) is 51.0 Å². The average Bonchev–Trinajstić information content (AvgIpc) is 2.66. The average molecular weight is 339 g/mol. The van der Waals surface area contributed by atoms with Crippen LogP contribution in [0.3, 0.4) is 0 Å². The Balaban J connectivity index is 2.19. The fourth-order valence-corrected chi connectivity index (χ4v) is 3.02. The number of benzene rings is 1. The molecule has 0 aliphatic carbocycles. The van der Waals surface area contributed by atoms with E-state index in [0.717, 1.165) is 17.8 Å². The second-order valence-corrected chi connectivity index (χ2v) is 5.93. The molecule has 1 heterocycles. The predicted octanol–water partition coefficient (Wildman–Crippen LogP) is 4.95. The maximum atomic E-state index is 13.6. The summed E-state index contributed by atoms with van der Waals surface area (Å²) in [5.74, 6) is -0.239. The quantitative estimate of drug-likeness (QED) is 0.834. The van der Waals surface area contributed by atoms with Crippen LogP contribution in [0.4, 0.5) is 10.1 Å². The van der Waals surface area contributed by atoms with Crippen molar-refractivity contribution >= 4 is 21.6 Å². The molecule has 2 rings (SSSR count). The van der Waals surface area contributed by atoms with Crippen LogP contribution in [0.1, 0.15) is 29.4 Å². The topological polar surface area (TPSA) is 17.0 Å². The van der Waals surface area contributed by atoms with Gasteiger partial charge in [0, 0.05) is 30.2 Å². The summed E-state index contributed by atoms with van der Waals surface area (Å²) in [7, 11) is 0. The third-order valence-corrected chi connectivity index (χ3v) is 4.34. The van der Waals surface area contributed by atoms with E-state index in [4.69, 9.17) is 0 Å². The summed E-state index contributed by atoms with van der Waals surface area (Å²) in [5.41, 5.74) is 5.66. The predicted molar refractivity (Wildman–Crippen MR) is 85.7 cm³/mol. The van der Waals surface area contributed by atoms with Crippen LogP contribution in [0.25, 0.3) is 0 Å². The number of nitrogens with zero attached hydrogens (tertiary/aromatic N) is 1. The minimum Gasteiger partial charge on any atom is -0.381 e. The molecule has 1 aromatic heterocycles. The van der Waals surface area contributed by atoms with Crippen molar-refractivity contribution in [3.8, 4) is 0 Å². The van der Waals surface area contributed by atoms with Gasteiger partial charge in [-0.1, -0.05) is 0 Å². The van der Waals surface area contributed by atoms with E-state index in [-0.39, 0.29) is 5.82 Å². The zero-order chi connectivity index (χ0) is 14.9. The van der Waals surface area contributed by atoms with Gasteiger partial charge in [0.15, 0.2) is 0 Å². The summed E-state index contributed by atoms with van der Waals surface area (Å²) in [6.07, 6.45) is 0. The second kappa shape index (κ2) is 6.00. The van der Waals surface area contributed by atoms with Crippen molar-refractivity contribution in [2.24, 2.45) is 0 Å². The Morgan fingerprint density at radius 1 is 1.20 bits per heavy atom. The third kappa shape index (κ3) is 2.90. The van der Waals surface area contributed by atoms with E-state index in [1.807, 2.05) is 6.92 Å². The number of nitrogens with one attached hydrogen (secondary N) is 1. The lowest BCUT2D eigenvalue weighted by molar-refractivity contribution is 0.621. The minimum absolute atomic E-state index is 0.239. The highest BCUT2D eigenvalue weighted by Gasteiger charge is 2.09. The molecule has 1 N–H and O–H groups in total. The summed E-state index contributed by atoms with van der Waals surface area (Å²) in [5, 5.41) is 3.33. The number of aryl methyl sites for hydroxylation is 2. The Morgan fingerprint density at radius 2 is 1.90 bits per heavy atom. The Bertz CT molecular complexity index is 632. The summed E-state index contributed by atoms with van der Waals surface area (Å²) in [6.45, 7) is 10.0. The summed E-state index contributed by atoms with van der Waals surface area (Å²) in [6, 6.07) is 5.53. The van der Waals surface area contributed by atoms with Crippen molar-refractivity contribution in [2.45, 2.75) is 40.8 Å². The zero-order valence-electron chi connectivity index (χ0n) is 12.3. The van der Waals surface area contributed by atoms with E-state index in [1.165, 1.54) is 17.0 Å². The molecule has 2 aromatic rings. The molecule has 0 amide bonds. The molecule has 4 heteroatoms. The molecule has 108 valence electrons. The van der Waals surface area contributed by atoms with E-state index < -0.39 is 0 Å². The van der Waals surface area contributed by atoms with Gasteiger partial charge in [-0.25, -0.2) is 4.39 Å². The highest BCUT2D eigenvalue weighted by Crippen LogP contribution is 2.25. The number of rotatable bonds is 4. The lowest BCUT2D eigenvalue weighted by atomic mass is 10.2. The van der Waals surface area contributed by atoms with E-state index in [9.17, 15) is 4.39 Å². The van der Waals surface area contributed by atoms with Crippen LogP contribution in [0.15, 0.2) is 22.7 Å². The van der Waals surface area contributed by atoms with E-state index >= 15 is 0 Å². The number of halogens is 2. The zero-order valence-corrected chi connectivity index (χ0v) is 13.9. The molecule has 0 fully saturated rings. The summed E-state index contributed by atoms with van der Waals surface area (Å²) < 4.78 is 16.4. The fourth-order valence-electron chi connectivity index (χ4n) is 2.57. The number of hydrogen-bond donors (Lipinski definition) is 1. The maximum absolute atomic E-state index is 13.6. The van der Waals surface area contributed by atoms with Gasteiger partial charge in [0.1, 0.15) is 5.82 Å². The van der Waals surface area contributed by atoms with E-state index in [0.29, 0.717) is 11.0 Å². The number of aromatic nitrogens is 1. The van der Waals surface area contributed by atoms with Crippen molar-refractivity contribution in [3.63, 3.8) is 0 Å². The van der Waals surface area contributed by atoms with Crippen molar-refractivity contribution < 1.29 is 4.39 Å². The highest BCUT2D eigenvalue weighted by molar-refractivity contribution is 9.10. The van der Waals surface area contributed by atoms with Gasteiger partial charge in [-0.2, -0.15) is 0 Å². The molecule has 1 aromatic carbocycles. The molecule has 0 bridgehead atoms. The standard InChI is InChI=1S/C16H20BrFN2/c1-5-20-11(3)7-13(12(20)4)9-19-16-8-15(18)14(17)6-10(16)2/h6-8,19H,5,9H2,1-4H3. The molecule has 0 radical (unpaired) electrons. The molecule has 0 spiro atoms. The first-order chi connectivity index (χ1) is 9.43. The SMILES string of the molecule is CCn1c(C)cc(CNc2cc(F)c(Br)cc2C)c1C. The van der Waals surface area contributed by atoms with Gasteiger partial charge in [0.05, 0.1) is 4.47 Å². The van der Waals surface area contributed by atoms with Crippen LogP contribution < -0.4 is 5.32 Å². The van der Waals surface area contributed by atoms with Crippen LogP contribution in [0.5, 0.6) is 0 Å². The van der Waals surface area contributed by atoms with Crippen molar-refractivity contribution in [1.82, 2.24) is 4.57 Å². The Kier molecular flexibility index (Phi) is 4.53. The van der Waals surface area contributed by atoms with Gasteiger partial charge in [-0.15, -0.1) is 0 Å². The van der Waals surface area contributed by atoms with Gasteiger partial charge < -0.3 is 9.88 Å². The minimum atomic E-state index is -0.239. The largest absolute Gasteiger partial charge is 0.381 e. The molecule has 0 atom stereocenters. The molecular weight excluding hydrogens is 319 g/mol. The van der Waals surface area contributed by atoms with Gasteiger partial charge in [-0.3, -0.25) is 0 Å². The third-order valence-electron chi connectivity index (χ3n) is 3.73. The van der Waals surface area contributed by atoms with Crippen LogP contribution in [0.2, 0.25) is 0 Å². The molecule has 0 saturated heterocycles. The van der Waals surface area contributed by atoms with Gasteiger partial charge in [0.2, 0.25) is 0 Å². The molecule has 0 aliphatic heterocycles. The fraction of sp³-hybridized carbons (Fsp3) is 0.375. The highest BCUT2D eigenvalue weighted by atomic mass is 79.9. The molecular formula is C16H20BrFN2. The maximum Gasteiger partial charge on any atom is 0.139 e. The normalized spacial score (nSPS) is 10.9. The van der Waals surface area contributed by atoms with Gasteiger partial charge in [-0.05, 0) is 73.0 Å². The molecule has 0 unspecified atom stereocenters. The van der Waals surface area contributed by atoms with E-state index in [1.54, 1.807) is 12.1 Å². The lowest BCUT2D eigenvalue weighted by Gasteiger charge is -2.11. The Morgan fingerprint density at radius 3 is 2.50 bits per heavy atom. The molecule has 0 aliphatic rings. The summed E-state index contributed by atoms with van der Waals surface area (Å²) >= 11 is 3.20. The summed E-state index contributed by atoms with van der Waals surface area (Å²) in [4.78, 5) is 0. The Hall–Kier alpha value is -1.29. The van der Waals surface area contributed by atoms with Crippen LogP contribution in [-0.4, -0.2) is 4.57 Å². The first-order valence-electron chi connectivity index (χ1n) is 6.79. The Labute approximate surface area is 128 Å². The van der Waals surface area contributed by atoms with Gasteiger partial charge >= 0.3 is 0 Å². The van der Waals surface area contributed by atoms with Crippen LogP contribution in [-0.2, 0) is 13.1 Å². The smallest absolute Gasteiger partial charge is 0.139 e. The van der Waals surface area contributed by atoms with Crippen LogP contribution >= 0.6 is 15.9 Å². The molecule has 20 heavy (non-hydrogen) atoms. The molecule has 0 saturated carbocycles. The number of anilines is 1. The van der Waals surface area contributed by atoms with Crippen LogP contribution in [0, 0.1) is 26.6 Å². The van der Waals surface area contributed by atoms with Crippen molar-refractivity contribution in [2.75, 3.05) is 5.32 Å². The first kappa shape index (κ1) is 15.1. The van der Waals surface area contributed by atoms with Gasteiger partial charge in [0.25, 0.3) is 0 Å². The van der Waals surface area contributed by atoms with E-state index in [2.05, 4.69) is 52.7 Å². The lowest BCUT2D eigenvalue weighted by Crippen LogP contribution is -2.04. The number of hydrogen-bond acceptors (Lipinski definition) is 1.